The van der Waals surface area contributed by atoms with Crippen LogP contribution in [0.3, 0.4) is 0 Å². The van der Waals surface area contributed by atoms with E-state index in [0.717, 1.165) is 18.5 Å². The van der Waals surface area contributed by atoms with Crippen LogP contribution in [0.2, 0.25) is 0 Å². The third kappa shape index (κ3) is 3.71. The molecule has 1 aromatic heterocycles. The molecule has 0 unspecified atom stereocenters. The predicted molar refractivity (Wildman–Crippen MR) is 91.7 cm³/mol. The fourth-order valence-corrected chi connectivity index (χ4v) is 3.80. The Morgan fingerprint density at radius 1 is 1.33 bits per heavy atom. The molecule has 7 heteroatoms. The van der Waals surface area contributed by atoms with E-state index in [2.05, 4.69) is 22.7 Å². The van der Waals surface area contributed by atoms with Crippen LogP contribution in [0.25, 0.3) is 0 Å². The molecule has 3 rings (SSSR count). The van der Waals surface area contributed by atoms with Gasteiger partial charge in [0.2, 0.25) is 5.91 Å². The topological polar surface area (TPSA) is 79.3 Å². The number of amides is 3. The van der Waals surface area contributed by atoms with E-state index < -0.39 is 6.04 Å². The number of hydrogen-bond donors (Lipinski definition) is 2. The molecule has 1 aromatic rings. The highest BCUT2D eigenvalue weighted by Gasteiger charge is 2.34. The molecule has 3 atom stereocenters. The average molecular weight is 333 g/mol. The summed E-state index contributed by atoms with van der Waals surface area (Å²) in [6.07, 6.45) is 9.79. The van der Waals surface area contributed by atoms with Crippen LogP contribution in [0, 0.1) is 5.92 Å². The zero-order valence-corrected chi connectivity index (χ0v) is 14.5. The van der Waals surface area contributed by atoms with Gasteiger partial charge in [-0.05, 0) is 25.2 Å². The maximum Gasteiger partial charge on any atom is 0.315 e. The number of hydrogen-bond acceptors (Lipinski definition) is 3. The van der Waals surface area contributed by atoms with Crippen molar-refractivity contribution < 1.29 is 9.59 Å². The third-order valence-electron chi connectivity index (χ3n) is 5.21. The van der Waals surface area contributed by atoms with Crippen molar-refractivity contribution in [1.82, 2.24) is 20.4 Å². The average Bonchev–Trinajstić information content (AvgIpc) is 3.14. The van der Waals surface area contributed by atoms with Crippen molar-refractivity contribution >= 4 is 17.6 Å². The first-order valence-corrected chi connectivity index (χ1v) is 8.94. The smallest absolute Gasteiger partial charge is 0.315 e. The van der Waals surface area contributed by atoms with Crippen molar-refractivity contribution in [2.45, 2.75) is 57.5 Å². The van der Waals surface area contributed by atoms with Crippen LogP contribution in [0.15, 0.2) is 12.4 Å². The first-order valence-electron chi connectivity index (χ1n) is 8.94. The van der Waals surface area contributed by atoms with E-state index in [1.807, 2.05) is 13.2 Å². The number of anilines is 1. The van der Waals surface area contributed by atoms with Crippen molar-refractivity contribution in [2.75, 3.05) is 11.4 Å². The molecule has 0 radical (unpaired) electrons. The monoisotopic (exact) mass is 333 g/mol. The first-order chi connectivity index (χ1) is 11.6. The molecule has 0 aromatic carbocycles. The lowest BCUT2D eigenvalue weighted by atomic mass is 9.84. The highest BCUT2D eigenvalue weighted by molar-refractivity contribution is 6.01. The van der Waals surface area contributed by atoms with E-state index in [0.29, 0.717) is 18.9 Å². The Labute approximate surface area is 142 Å². The Hall–Kier alpha value is -2.05. The maximum absolute atomic E-state index is 12.5. The molecular weight excluding hydrogens is 306 g/mol. The molecule has 0 spiro atoms. The van der Waals surface area contributed by atoms with Gasteiger partial charge in [-0.1, -0.05) is 26.2 Å². The van der Waals surface area contributed by atoms with E-state index in [-0.39, 0.29) is 18.0 Å². The Balaban J connectivity index is 1.51. The van der Waals surface area contributed by atoms with Gasteiger partial charge in [0.1, 0.15) is 6.04 Å². The Kier molecular flexibility index (Phi) is 5.06. The maximum atomic E-state index is 12.5. The van der Waals surface area contributed by atoms with Gasteiger partial charge in [0.05, 0.1) is 11.9 Å². The van der Waals surface area contributed by atoms with Gasteiger partial charge in [-0.3, -0.25) is 9.48 Å². The standard InChI is InChI=1S/C17H27N5O2/c1-3-12-5-4-6-13(9-12)19-17(24)20-15-7-8-22(16(15)23)14-10-18-21(2)11-14/h10-13,15H,3-9H2,1-2H3,(H2,19,20,24)/t12-,13+,15-/m1/s1. The minimum Gasteiger partial charge on any atom is -0.335 e. The predicted octanol–water partition coefficient (Wildman–Crippen LogP) is 1.79. The van der Waals surface area contributed by atoms with Crippen LogP contribution < -0.4 is 15.5 Å². The number of nitrogens with one attached hydrogen (secondary N) is 2. The van der Waals surface area contributed by atoms with Gasteiger partial charge < -0.3 is 15.5 Å². The summed E-state index contributed by atoms with van der Waals surface area (Å²) >= 11 is 0. The van der Waals surface area contributed by atoms with Crippen LogP contribution in [0.4, 0.5) is 10.5 Å². The minimum atomic E-state index is -0.448. The normalized spacial score (nSPS) is 27.3. The number of nitrogens with zero attached hydrogens (tertiary/aromatic N) is 3. The highest BCUT2D eigenvalue weighted by Crippen LogP contribution is 2.26. The second-order valence-corrected chi connectivity index (χ2v) is 6.96. The van der Waals surface area contributed by atoms with Crippen molar-refractivity contribution in [3.8, 4) is 0 Å². The molecule has 3 amide bonds. The van der Waals surface area contributed by atoms with Gasteiger partial charge >= 0.3 is 6.03 Å². The molecule has 1 saturated carbocycles. The zero-order chi connectivity index (χ0) is 17.1. The van der Waals surface area contributed by atoms with Gasteiger partial charge in [0, 0.05) is 25.8 Å². The molecule has 132 valence electrons. The van der Waals surface area contributed by atoms with E-state index in [1.54, 1.807) is 15.8 Å². The molecule has 2 heterocycles. The lowest BCUT2D eigenvalue weighted by Gasteiger charge is -2.29. The first kappa shape index (κ1) is 16.8. The fourth-order valence-electron chi connectivity index (χ4n) is 3.80. The summed E-state index contributed by atoms with van der Waals surface area (Å²) in [4.78, 5) is 26.4. The second-order valence-electron chi connectivity index (χ2n) is 6.96. The largest absolute Gasteiger partial charge is 0.335 e. The van der Waals surface area contributed by atoms with E-state index in [4.69, 9.17) is 0 Å². The lowest BCUT2D eigenvalue weighted by molar-refractivity contribution is -0.118. The summed E-state index contributed by atoms with van der Waals surface area (Å²) < 4.78 is 1.67. The summed E-state index contributed by atoms with van der Waals surface area (Å²) in [5.41, 5.74) is 0.783. The minimum absolute atomic E-state index is 0.0618. The SMILES string of the molecule is CC[C@@H]1CCC[C@H](NC(=O)N[C@@H]2CCN(c3cnn(C)c3)C2=O)C1. The molecule has 0 bridgehead atoms. The molecular formula is C17H27N5O2. The number of carbonyl (C=O) groups is 2. The summed E-state index contributed by atoms with van der Waals surface area (Å²) in [5.74, 6) is 0.645. The van der Waals surface area contributed by atoms with E-state index in [1.165, 1.54) is 19.3 Å². The Morgan fingerprint density at radius 3 is 2.88 bits per heavy atom. The molecule has 2 aliphatic rings. The third-order valence-corrected chi connectivity index (χ3v) is 5.21. The quantitative estimate of drug-likeness (QED) is 0.882. The molecule has 24 heavy (non-hydrogen) atoms. The highest BCUT2D eigenvalue weighted by atomic mass is 16.2. The summed E-state index contributed by atoms with van der Waals surface area (Å²) in [6, 6.07) is -0.437. The summed E-state index contributed by atoms with van der Waals surface area (Å²) in [6.45, 7) is 2.81. The van der Waals surface area contributed by atoms with Gasteiger partial charge in [-0.25, -0.2) is 4.79 Å². The van der Waals surface area contributed by atoms with Crippen LogP contribution in [-0.4, -0.2) is 40.3 Å². The van der Waals surface area contributed by atoms with Crippen LogP contribution in [0.5, 0.6) is 0 Å². The number of urea groups is 1. The van der Waals surface area contributed by atoms with Crippen molar-refractivity contribution in [3.05, 3.63) is 12.4 Å². The fraction of sp³-hybridized carbons (Fsp3) is 0.706. The molecule has 7 nitrogen and oxygen atoms in total. The molecule has 2 fully saturated rings. The van der Waals surface area contributed by atoms with Gasteiger partial charge in [-0.2, -0.15) is 5.10 Å². The second kappa shape index (κ2) is 7.23. The summed E-state index contributed by atoms with van der Waals surface area (Å²) in [5, 5.41) is 10.00. The molecule has 1 saturated heterocycles. The van der Waals surface area contributed by atoms with Gasteiger partial charge in [0.15, 0.2) is 0 Å². The zero-order valence-electron chi connectivity index (χ0n) is 14.5. The van der Waals surface area contributed by atoms with Crippen molar-refractivity contribution in [3.63, 3.8) is 0 Å². The van der Waals surface area contributed by atoms with E-state index >= 15 is 0 Å². The summed E-state index contributed by atoms with van der Waals surface area (Å²) in [7, 11) is 1.82. The van der Waals surface area contributed by atoms with E-state index in [9.17, 15) is 9.59 Å². The number of aromatic nitrogens is 2. The molecule has 2 N–H and O–H groups in total. The van der Waals surface area contributed by atoms with Crippen LogP contribution in [0.1, 0.15) is 45.4 Å². The Morgan fingerprint density at radius 2 is 2.17 bits per heavy atom. The lowest BCUT2D eigenvalue weighted by Crippen LogP contribution is -2.49. The van der Waals surface area contributed by atoms with Crippen LogP contribution >= 0.6 is 0 Å². The molecule has 1 aliphatic heterocycles. The van der Waals surface area contributed by atoms with Crippen molar-refractivity contribution in [2.24, 2.45) is 13.0 Å². The van der Waals surface area contributed by atoms with Gasteiger partial charge in [0.25, 0.3) is 0 Å². The number of rotatable bonds is 4. The van der Waals surface area contributed by atoms with Gasteiger partial charge in [-0.15, -0.1) is 0 Å². The Bertz CT molecular complexity index is 600. The van der Waals surface area contributed by atoms with Crippen molar-refractivity contribution in [1.29, 1.82) is 0 Å². The van der Waals surface area contributed by atoms with Crippen LogP contribution in [-0.2, 0) is 11.8 Å². The molecule has 1 aliphatic carbocycles. The number of carbonyl (C=O) groups excluding carboxylic acids is 2. The number of aryl methyl sites for hydroxylation is 1.